The lowest BCUT2D eigenvalue weighted by Gasteiger charge is -2.13. The first kappa shape index (κ1) is 9.00. The highest BCUT2D eigenvalue weighted by Gasteiger charge is 2.06. The van der Waals surface area contributed by atoms with E-state index >= 15 is 0 Å². The van der Waals surface area contributed by atoms with Crippen LogP contribution >= 0.6 is 0 Å². The third-order valence-corrected chi connectivity index (χ3v) is 1.92. The van der Waals surface area contributed by atoms with Crippen LogP contribution in [-0.4, -0.2) is 6.21 Å². The maximum atomic E-state index is 4.99. The van der Waals surface area contributed by atoms with Crippen LogP contribution < -0.4 is 11.4 Å². The van der Waals surface area contributed by atoms with E-state index in [1.165, 1.54) is 5.57 Å². The highest BCUT2D eigenvalue weighted by molar-refractivity contribution is 5.57. The van der Waals surface area contributed by atoms with Gasteiger partial charge in [0.2, 0.25) is 0 Å². The Hall–Kier alpha value is -1.09. The Kier molecular flexibility index (Phi) is 3.54. The molecule has 3 N–H and O–H groups in total. The molecule has 0 amide bonds. The standard InChI is InChI=1S/C9H15N3/c1-8-3-2-4-9(7-8)5-6-11-12-10/h2-4,6,9,12H,5,7,10H2,1H3/b11-6-. The number of rotatable bonds is 3. The second kappa shape index (κ2) is 4.72. The third kappa shape index (κ3) is 2.88. The molecule has 1 aliphatic rings. The molecular weight excluding hydrogens is 150 g/mol. The number of nitrogens with zero attached hydrogens (tertiary/aromatic N) is 1. The van der Waals surface area contributed by atoms with Crippen LogP contribution in [0.3, 0.4) is 0 Å². The van der Waals surface area contributed by atoms with Gasteiger partial charge in [0.05, 0.1) is 0 Å². The van der Waals surface area contributed by atoms with Crippen LogP contribution in [0.1, 0.15) is 19.8 Å². The van der Waals surface area contributed by atoms with Gasteiger partial charge in [-0.15, -0.1) is 0 Å². The summed E-state index contributed by atoms with van der Waals surface area (Å²) in [4.78, 5) is 0. The summed E-state index contributed by atoms with van der Waals surface area (Å²) in [6.45, 7) is 2.15. The van der Waals surface area contributed by atoms with Gasteiger partial charge in [-0.2, -0.15) is 5.10 Å². The Morgan fingerprint density at radius 1 is 1.83 bits per heavy atom. The fraction of sp³-hybridized carbons (Fsp3) is 0.444. The largest absolute Gasteiger partial charge is 0.246 e. The first-order valence-corrected chi connectivity index (χ1v) is 4.14. The van der Waals surface area contributed by atoms with Gasteiger partial charge in [-0.05, 0) is 25.7 Å². The van der Waals surface area contributed by atoms with E-state index in [2.05, 4.69) is 35.8 Å². The Morgan fingerprint density at radius 3 is 3.33 bits per heavy atom. The normalized spacial score (nSPS) is 22.8. The van der Waals surface area contributed by atoms with Crippen molar-refractivity contribution in [3.05, 3.63) is 23.8 Å². The van der Waals surface area contributed by atoms with Gasteiger partial charge in [0.1, 0.15) is 0 Å². The van der Waals surface area contributed by atoms with E-state index in [-0.39, 0.29) is 0 Å². The van der Waals surface area contributed by atoms with Gasteiger partial charge in [-0.3, -0.25) is 0 Å². The van der Waals surface area contributed by atoms with Crippen LogP contribution in [0, 0.1) is 5.92 Å². The summed E-state index contributed by atoms with van der Waals surface area (Å²) in [5.41, 5.74) is 3.68. The Bertz CT molecular complexity index is 216. The third-order valence-electron chi connectivity index (χ3n) is 1.92. The summed E-state index contributed by atoms with van der Waals surface area (Å²) in [6, 6.07) is 0. The maximum absolute atomic E-state index is 4.99. The Labute approximate surface area is 73.0 Å². The SMILES string of the molecule is CC1=CC=CC(C/C=N\NN)C1. The van der Waals surface area contributed by atoms with E-state index in [0.717, 1.165) is 12.8 Å². The molecule has 0 aromatic rings. The van der Waals surface area contributed by atoms with Crippen molar-refractivity contribution in [1.82, 2.24) is 5.53 Å². The van der Waals surface area contributed by atoms with Crippen LogP contribution in [0.5, 0.6) is 0 Å². The summed E-state index contributed by atoms with van der Waals surface area (Å²) in [5, 5.41) is 3.74. The van der Waals surface area contributed by atoms with Crippen molar-refractivity contribution in [3.63, 3.8) is 0 Å². The Morgan fingerprint density at radius 2 is 2.67 bits per heavy atom. The minimum Gasteiger partial charge on any atom is -0.246 e. The zero-order valence-electron chi connectivity index (χ0n) is 7.33. The van der Waals surface area contributed by atoms with E-state index in [4.69, 9.17) is 5.84 Å². The molecule has 0 saturated carbocycles. The smallest absolute Gasteiger partial charge is 0.0264 e. The minimum atomic E-state index is 0.590. The highest BCUT2D eigenvalue weighted by Crippen LogP contribution is 2.19. The average molecular weight is 165 g/mol. The summed E-state index contributed by atoms with van der Waals surface area (Å²) in [7, 11) is 0. The number of hydrogen-bond acceptors (Lipinski definition) is 3. The van der Waals surface area contributed by atoms with Gasteiger partial charge in [0.25, 0.3) is 0 Å². The predicted octanol–water partition coefficient (Wildman–Crippen LogP) is 1.35. The molecule has 1 aliphatic carbocycles. The van der Waals surface area contributed by atoms with Crippen molar-refractivity contribution < 1.29 is 0 Å². The van der Waals surface area contributed by atoms with E-state index in [1.807, 2.05) is 6.21 Å². The van der Waals surface area contributed by atoms with Crippen LogP contribution in [0.4, 0.5) is 0 Å². The monoisotopic (exact) mass is 165 g/mol. The number of nitrogens with one attached hydrogen (secondary N) is 1. The predicted molar refractivity (Wildman–Crippen MR) is 51.4 cm³/mol. The van der Waals surface area contributed by atoms with Crippen molar-refractivity contribution in [2.24, 2.45) is 16.9 Å². The number of hydrazone groups is 1. The molecule has 0 aromatic carbocycles. The molecule has 0 aliphatic heterocycles. The van der Waals surface area contributed by atoms with Gasteiger partial charge in [-0.1, -0.05) is 23.8 Å². The molecule has 0 bridgehead atoms. The van der Waals surface area contributed by atoms with Crippen molar-refractivity contribution >= 4 is 6.21 Å². The lowest BCUT2D eigenvalue weighted by atomic mass is 9.93. The quantitative estimate of drug-likeness (QED) is 0.377. The number of hydrazine groups is 1. The Balaban J connectivity index is 2.32. The van der Waals surface area contributed by atoms with Crippen LogP contribution in [-0.2, 0) is 0 Å². The van der Waals surface area contributed by atoms with Gasteiger partial charge < -0.3 is 0 Å². The van der Waals surface area contributed by atoms with Gasteiger partial charge in [-0.25, -0.2) is 11.4 Å². The molecule has 0 spiro atoms. The molecular formula is C9H15N3. The molecule has 1 rings (SSSR count). The van der Waals surface area contributed by atoms with Gasteiger partial charge in [0, 0.05) is 6.21 Å². The van der Waals surface area contributed by atoms with Crippen molar-refractivity contribution in [2.45, 2.75) is 19.8 Å². The van der Waals surface area contributed by atoms with Crippen LogP contribution in [0.25, 0.3) is 0 Å². The zero-order valence-corrected chi connectivity index (χ0v) is 7.33. The molecule has 1 atom stereocenters. The average Bonchev–Trinajstić information content (AvgIpc) is 2.05. The molecule has 0 aromatic heterocycles. The van der Waals surface area contributed by atoms with Crippen LogP contribution in [0.2, 0.25) is 0 Å². The zero-order chi connectivity index (χ0) is 8.81. The van der Waals surface area contributed by atoms with Crippen molar-refractivity contribution in [1.29, 1.82) is 0 Å². The van der Waals surface area contributed by atoms with Crippen LogP contribution in [0.15, 0.2) is 28.9 Å². The van der Waals surface area contributed by atoms with E-state index in [9.17, 15) is 0 Å². The number of nitrogens with two attached hydrogens (primary N) is 1. The fourth-order valence-corrected chi connectivity index (χ4v) is 1.33. The number of allylic oxidation sites excluding steroid dienone is 4. The van der Waals surface area contributed by atoms with E-state index in [1.54, 1.807) is 0 Å². The molecule has 0 heterocycles. The van der Waals surface area contributed by atoms with E-state index in [0.29, 0.717) is 5.92 Å². The molecule has 3 nitrogen and oxygen atoms in total. The maximum Gasteiger partial charge on any atom is 0.0264 e. The van der Waals surface area contributed by atoms with Gasteiger partial charge >= 0.3 is 0 Å². The molecule has 1 unspecified atom stereocenters. The summed E-state index contributed by atoms with van der Waals surface area (Å²) < 4.78 is 0. The lowest BCUT2D eigenvalue weighted by molar-refractivity contribution is 0.664. The molecule has 12 heavy (non-hydrogen) atoms. The lowest BCUT2D eigenvalue weighted by Crippen LogP contribution is -2.14. The van der Waals surface area contributed by atoms with Crippen molar-refractivity contribution in [2.75, 3.05) is 0 Å². The summed E-state index contributed by atoms with van der Waals surface area (Å²) in [6.07, 6.45) is 10.4. The second-order valence-corrected chi connectivity index (χ2v) is 3.04. The molecule has 0 radical (unpaired) electrons. The summed E-state index contributed by atoms with van der Waals surface area (Å²) >= 11 is 0. The fourth-order valence-electron chi connectivity index (χ4n) is 1.33. The van der Waals surface area contributed by atoms with Crippen molar-refractivity contribution in [3.8, 4) is 0 Å². The van der Waals surface area contributed by atoms with Gasteiger partial charge in [0.15, 0.2) is 0 Å². The minimum absolute atomic E-state index is 0.590. The molecule has 0 saturated heterocycles. The molecule has 0 fully saturated rings. The molecule has 66 valence electrons. The first-order valence-electron chi connectivity index (χ1n) is 4.14. The van der Waals surface area contributed by atoms with E-state index < -0.39 is 0 Å². The highest BCUT2D eigenvalue weighted by atomic mass is 15.5. The topological polar surface area (TPSA) is 50.4 Å². The summed E-state index contributed by atoms with van der Waals surface area (Å²) in [5.74, 6) is 5.58. The first-order chi connectivity index (χ1) is 5.83. The molecule has 3 heteroatoms. The second-order valence-electron chi connectivity index (χ2n) is 3.04. The number of hydrogen-bond donors (Lipinski definition) is 2.